The molecule has 0 spiro atoms. The summed E-state index contributed by atoms with van der Waals surface area (Å²) in [6, 6.07) is 6.41. The Hall–Kier alpha value is -3.35. The van der Waals surface area contributed by atoms with Crippen molar-refractivity contribution < 1.29 is 28.2 Å². The zero-order valence-electron chi connectivity index (χ0n) is 18.5. The van der Waals surface area contributed by atoms with Gasteiger partial charge in [-0.2, -0.15) is 0 Å². The highest BCUT2D eigenvalue weighted by Gasteiger charge is 2.50. The Morgan fingerprint density at radius 2 is 1.77 bits per heavy atom. The number of rotatable bonds is 5. The fraction of sp³-hybridized carbons (Fsp3) is 0.375. The molecule has 164 valence electrons. The van der Waals surface area contributed by atoms with Gasteiger partial charge in [-0.1, -0.05) is 11.6 Å². The van der Waals surface area contributed by atoms with Crippen molar-refractivity contribution in [1.82, 2.24) is 0 Å². The first kappa shape index (κ1) is 22.3. The number of benzene rings is 1. The third-order valence-electron chi connectivity index (χ3n) is 5.05. The van der Waals surface area contributed by atoms with E-state index in [1.807, 2.05) is 0 Å². The van der Waals surface area contributed by atoms with E-state index in [9.17, 15) is 14.4 Å². The lowest BCUT2D eigenvalue weighted by molar-refractivity contribution is -0.171. The monoisotopic (exact) mass is 426 g/mol. The summed E-state index contributed by atoms with van der Waals surface area (Å²) in [7, 11) is 0. The highest BCUT2D eigenvalue weighted by Crippen LogP contribution is 2.47. The van der Waals surface area contributed by atoms with Crippen molar-refractivity contribution in [2.24, 2.45) is 0 Å². The molecule has 7 nitrogen and oxygen atoms in total. The van der Waals surface area contributed by atoms with Gasteiger partial charge in [0.25, 0.3) is 0 Å². The summed E-state index contributed by atoms with van der Waals surface area (Å²) in [5.74, 6) is -0.680. The number of carbonyl (C=O) groups excluding carboxylic acids is 2. The second-order valence-corrected chi connectivity index (χ2v) is 8.23. The Morgan fingerprint density at radius 3 is 2.42 bits per heavy atom. The molecule has 1 aromatic heterocycles. The third-order valence-corrected chi connectivity index (χ3v) is 5.05. The SMILES string of the molecule is CC=C(C)C(=O)O[C@@H]1c2c(ccc3ccc(=O)oc23)O[C@H]1C(C)(C)OC(=O)C=C(C)C. The molecule has 2 heterocycles. The van der Waals surface area contributed by atoms with E-state index in [0.29, 0.717) is 22.3 Å². The highest BCUT2D eigenvalue weighted by atomic mass is 16.6. The standard InChI is InChI=1S/C24H26O7/c1-7-14(4)23(27)30-21-19-16(10-8-15-9-11-17(25)29-20(15)19)28-22(21)24(5,6)31-18(26)12-13(2)3/h7-12,21-22H,1-6H3/t21-,22-/m1/s1. The highest BCUT2D eigenvalue weighted by molar-refractivity contribution is 5.89. The number of hydrogen-bond acceptors (Lipinski definition) is 7. The van der Waals surface area contributed by atoms with Crippen molar-refractivity contribution in [1.29, 1.82) is 0 Å². The molecule has 3 rings (SSSR count). The third kappa shape index (κ3) is 4.55. The lowest BCUT2D eigenvalue weighted by atomic mass is 9.93. The predicted molar refractivity (Wildman–Crippen MR) is 115 cm³/mol. The number of allylic oxidation sites excluding steroid dienone is 2. The topological polar surface area (TPSA) is 92.0 Å². The quantitative estimate of drug-likeness (QED) is 0.398. The zero-order valence-corrected chi connectivity index (χ0v) is 18.5. The van der Waals surface area contributed by atoms with Crippen LogP contribution in [-0.4, -0.2) is 23.6 Å². The van der Waals surface area contributed by atoms with Crippen LogP contribution in [0.5, 0.6) is 5.75 Å². The molecule has 1 aromatic carbocycles. The van der Waals surface area contributed by atoms with E-state index in [0.717, 1.165) is 5.57 Å². The number of fused-ring (bicyclic) bond motifs is 3. The van der Waals surface area contributed by atoms with Gasteiger partial charge in [-0.3, -0.25) is 0 Å². The summed E-state index contributed by atoms with van der Waals surface area (Å²) >= 11 is 0. The number of hydrogen-bond donors (Lipinski definition) is 0. The first-order chi connectivity index (χ1) is 14.5. The number of ether oxygens (including phenoxy) is 3. The summed E-state index contributed by atoms with van der Waals surface area (Å²) in [6.45, 7) is 10.3. The van der Waals surface area contributed by atoms with Crippen LogP contribution >= 0.6 is 0 Å². The molecule has 31 heavy (non-hydrogen) atoms. The van der Waals surface area contributed by atoms with Gasteiger partial charge in [0, 0.05) is 23.1 Å². The molecule has 2 aromatic rings. The van der Waals surface area contributed by atoms with Crippen molar-refractivity contribution in [3.05, 3.63) is 63.5 Å². The van der Waals surface area contributed by atoms with Gasteiger partial charge in [-0.05, 0) is 59.7 Å². The van der Waals surface area contributed by atoms with Crippen LogP contribution in [0.15, 0.2) is 56.8 Å². The van der Waals surface area contributed by atoms with Gasteiger partial charge < -0.3 is 18.6 Å². The molecule has 0 aliphatic carbocycles. The van der Waals surface area contributed by atoms with Gasteiger partial charge in [-0.25, -0.2) is 14.4 Å². The Balaban J connectivity index is 2.10. The lowest BCUT2D eigenvalue weighted by Gasteiger charge is -2.33. The first-order valence-corrected chi connectivity index (χ1v) is 9.98. The first-order valence-electron chi connectivity index (χ1n) is 9.98. The lowest BCUT2D eigenvalue weighted by Crippen LogP contribution is -2.46. The smallest absolute Gasteiger partial charge is 0.336 e. The Bertz CT molecular complexity index is 1150. The van der Waals surface area contributed by atoms with Crippen molar-refractivity contribution in [3.8, 4) is 5.75 Å². The molecule has 0 amide bonds. The predicted octanol–water partition coefficient (Wildman–Crippen LogP) is 4.39. The van der Waals surface area contributed by atoms with Gasteiger partial charge in [0.1, 0.15) is 16.9 Å². The zero-order chi connectivity index (χ0) is 22.9. The van der Waals surface area contributed by atoms with Gasteiger partial charge in [0.15, 0.2) is 12.2 Å². The van der Waals surface area contributed by atoms with Crippen molar-refractivity contribution in [3.63, 3.8) is 0 Å². The second kappa shape index (κ2) is 8.41. The summed E-state index contributed by atoms with van der Waals surface area (Å²) in [4.78, 5) is 36.8. The van der Waals surface area contributed by atoms with Crippen molar-refractivity contribution >= 4 is 22.9 Å². The summed E-state index contributed by atoms with van der Waals surface area (Å²) in [6.07, 6.45) is 1.20. The van der Waals surface area contributed by atoms with Crippen molar-refractivity contribution in [2.75, 3.05) is 0 Å². The largest absolute Gasteiger partial charge is 0.481 e. The Kier molecular flexibility index (Phi) is 6.06. The molecule has 1 aliphatic heterocycles. The molecule has 0 radical (unpaired) electrons. The van der Waals surface area contributed by atoms with Crippen LogP contribution in [0, 0.1) is 0 Å². The average molecular weight is 426 g/mol. The van der Waals surface area contributed by atoms with E-state index in [1.165, 1.54) is 12.1 Å². The molecule has 0 saturated carbocycles. The molecule has 0 bridgehead atoms. The second-order valence-electron chi connectivity index (χ2n) is 8.23. The molecule has 0 unspecified atom stereocenters. The maximum atomic E-state index is 12.6. The molecule has 7 heteroatoms. The maximum Gasteiger partial charge on any atom is 0.336 e. The summed E-state index contributed by atoms with van der Waals surface area (Å²) < 4.78 is 23.0. The fourth-order valence-corrected chi connectivity index (χ4v) is 3.39. The maximum absolute atomic E-state index is 12.6. The van der Waals surface area contributed by atoms with Crippen molar-refractivity contribution in [2.45, 2.75) is 59.4 Å². The van der Waals surface area contributed by atoms with E-state index in [1.54, 1.807) is 65.8 Å². The molecule has 1 aliphatic rings. The van der Waals surface area contributed by atoms with E-state index < -0.39 is 35.4 Å². The van der Waals surface area contributed by atoms with Crippen LogP contribution in [0.25, 0.3) is 11.0 Å². The fourth-order valence-electron chi connectivity index (χ4n) is 3.39. The minimum absolute atomic E-state index is 0.273. The minimum atomic E-state index is -1.17. The van der Waals surface area contributed by atoms with Crippen LogP contribution in [-0.2, 0) is 19.1 Å². The van der Waals surface area contributed by atoms with Gasteiger partial charge >= 0.3 is 17.6 Å². The molecule has 0 fully saturated rings. The van der Waals surface area contributed by atoms with Gasteiger partial charge in [-0.15, -0.1) is 0 Å². The molecular weight excluding hydrogens is 400 g/mol. The van der Waals surface area contributed by atoms with E-state index in [4.69, 9.17) is 18.6 Å². The minimum Gasteiger partial charge on any atom is -0.481 e. The number of carbonyl (C=O) groups is 2. The number of esters is 2. The van der Waals surface area contributed by atoms with E-state index in [-0.39, 0.29) is 5.58 Å². The molecule has 0 N–H and O–H groups in total. The average Bonchev–Trinajstić information content (AvgIpc) is 3.05. The van der Waals surface area contributed by atoms with E-state index >= 15 is 0 Å². The van der Waals surface area contributed by atoms with Crippen LogP contribution in [0.3, 0.4) is 0 Å². The van der Waals surface area contributed by atoms with Crippen LogP contribution in [0.1, 0.15) is 53.2 Å². The van der Waals surface area contributed by atoms with Crippen LogP contribution < -0.4 is 10.4 Å². The van der Waals surface area contributed by atoms with Gasteiger partial charge in [0.05, 0.1) is 5.56 Å². The Labute approximate surface area is 180 Å². The van der Waals surface area contributed by atoms with Crippen LogP contribution in [0.2, 0.25) is 0 Å². The van der Waals surface area contributed by atoms with E-state index in [2.05, 4.69) is 0 Å². The summed E-state index contributed by atoms with van der Waals surface area (Å²) in [5.41, 5.74) is 0.203. The molecule has 2 atom stereocenters. The van der Waals surface area contributed by atoms with Gasteiger partial charge in [0.2, 0.25) is 0 Å². The molecular formula is C24H26O7. The normalized spacial score (nSPS) is 18.2. The summed E-state index contributed by atoms with van der Waals surface area (Å²) in [5, 5.41) is 0.658. The molecule has 0 saturated heterocycles. The Morgan fingerprint density at radius 1 is 1.10 bits per heavy atom. The van der Waals surface area contributed by atoms with Crippen LogP contribution in [0.4, 0.5) is 0 Å².